The zero-order chi connectivity index (χ0) is 8.97. The molecule has 0 N–H and O–H groups in total. The van der Waals surface area contributed by atoms with Gasteiger partial charge in [0.2, 0.25) is 0 Å². The Bertz CT molecular complexity index is 153. The molecule has 1 saturated heterocycles. The summed E-state index contributed by atoms with van der Waals surface area (Å²) in [6.07, 6.45) is 3.27. The van der Waals surface area contributed by atoms with E-state index in [0.29, 0.717) is 12.0 Å². The SMILES string of the molecule is CC(C)=COC(C)C1CCOC1. The predicted octanol–water partition coefficient (Wildman–Crippen LogP) is 2.35. The second kappa shape index (κ2) is 4.51. The highest BCUT2D eigenvalue weighted by atomic mass is 16.5. The molecular formula is C10H18O2. The first-order valence-electron chi connectivity index (χ1n) is 4.56. The molecule has 0 aliphatic carbocycles. The van der Waals surface area contributed by atoms with Crippen molar-refractivity contribution in [2.45, 2.75) is 33.3 Å². The average Bonchev–Trinajstić information content (AvgIpc) is 2.51. The fourth-order valence-electron chi connectivity index (χ4n) is 1.28. The number of ether oxygens (including phenoxy) is 2. The molecule has 0 saturated carbocycles. The lowest BCUT2D eigenvalue weighted by Gasteiger charge is -2.17. The molecule has 2 nitrogen and oxygen atoms in total. The summed E-state index contributed by atoms with van der Waals surface area (Å²) in [5.74, 6) is 0.584. The zero-order valence-corrected chi connectivity index (χ0v) is 8.17. The van der Waals surface area contributed by atoms with E-state index in [-0.39, 0.29) is 0 Å². The molecule has 0 aromatic heterocycles. The monoisotopic (exact) mass is 170 g/mol. The lowest BCUT2D eigenvalue weighted by atomic mass is 10.0. The van der Waals surface area contributed by atoms with Crippen molar-refractivity contribution in [1.29, 1.82) is 0 Å². The van der Waals surface area contributed by atoms with Gasteiger partial charge in [0.25, 0.3) is 0 Å². The van der Waals surface area contributed by atoms with Gasteiger partial charge in [0.15, 0.2) is 0 Å². The molecule has 1 rings (SSSR count). The highest BCUT2D eigenvalue weighted by Gasteiger charge is 2.22. The molecule has 1 heterocycles. The Morgan fingerprint density at radius 3 is 2.83 bits per heavy atom. The quantitative estimate of drug-likeness (QED) is 0.605. The van der Waals surface area contributed by atoms with Crippen LogP contribution in [0.15, 0.2) is 11.8 Å². The van der Waals surface area contributed by atoms with Crippen LogP contribution in [0.1, 0.15) is 27.2 Å². The normalized spacial score (nSPS) is 25.1. The molecule has 0 aromatic rings. The van der Waals surface area contributed by atoms with Gasteiger partial charge in [-0.15, -0.1) is 0 Å². The van der Waals surface area contributed by atoms with Crippen LogP contribution >= 0.6 is 0 Å². The van der Waals surface area contributed by atoms with E-state index < -0.39 is 0 Å². The minimum Gasteiger partial charge on any atom is -0.498 e. The summed E-state index contributed by atoms with van der Waals surface area (Å²) in [5.41, 5.74) is 1.21. The maximum atomic E-state index is 5.55. The molecule has 0 amide bonds. The van der Waals surface area contributed by atoms with Crippen LogP contribution < -0.4 is 0 Å². The topological polar surface area (TPSA) is 18.5 Å². The van der Waals surface area contributed by atoms with E-state index in [1.165, 1.54) is 5.57 Å². The maximum absolute atomic E-state index is 5.55. The molecule has 0 bridgehead atoms. The molecule has 1 fully saturated rings. The highest BCUT2D eigenvalue weighted by Crippen LogP contribution is 2.19. The maximum Gasteiger partial charge on any atom is 0.100 e. The van der Waals surface area contributed by atoms with Gasteiger partial charge in [-0.3, -0.25) is 0 Å². The molecule has 2 atom stereocenters. The van der Waals surface area contributed by atoms with Crippen LogP contribution in [0, 0.1) is 5.92 Å². The van der Waals surface area contributed by atoms with Crippen LogP contribution in [0.25, 0.3) is 0 Å². The second-order valence-electron chi connectivity index (χ2n) is 3.66. The molecular weight excluding hydrogens is 152 g/mol. The minimum absolute atomic E-state index is 0.294. The Morgan fingerprint density at radius 2 is 2.33 bits per heavy atom. The summed E-state index contributed by atoms with van der Waals surface area (Å²) in [6.45, 7) is 7.94. The van der Waals surface area contributed by atoms with Crippen LogP contribution in [0.5, 0.6) is 0 Å². The third-order valence-electron chi connectivity index (χ3n) is 2.15. The molecule has 0 spiro atoms. The summed E-state index contributed by atoms with van der Waals surface area (Å²) in [7, 11) is 0. The van der Waals surface area contributed by atoms with E-state index in [4.69, 9.17) is 9.47 Å². The molecule has 0 radical (unpaired) electrons. The molecule has 1 aliphatic rings. The van der Waals surface area contributed by atoms with Crippen LogP contribution in [0.3, 0.4) is 0 Å². The first kappa shape index (κ1) is 9.59. The van der Waals surface area contributed by atoms with Crippen molar-refractivity contribution >= 4 is 0 Å². The van der Waals surface area contributed by atoms with Gasteiger partial charge >= 0.3 is 0 Å². The third-order valence-corrected chi connectivity index (χ3v) is 2.15. The van der Waals surface area contributed by atoms with E-state index in [9.17, 15) is 0 Å². The van der Waals surface area contributed by atoms with Crippen LogP contribution in [-0.2, 0) is 9.47 Å². The van der Waals surface area contributed by atoms with Crippen molar-refractivity contribution in [2.24, 2.45) is 5.92 Å². The van der Waals surface area contributed by atoms with E-state index in [1.54, 1.807) is 0 Å². The van der Waals surface area contributed by atoms with E-state index in [2.05, 4.69) is 6.92 Å². The number of rotatable bonds is 3. The fourth-order valence-corrected chi connectivity index (χ4v) is 1.28. The van der Waals surface area contributed by atoms with Gasteiger partial charge < -0.3 is 9.47 Å². The standard InChI is InChI=1S/C10H18O2/c1-8(2)6-12-9(3)10-4-5-11-7-10/h6,9-10H,4-5,7H2,1-3H3. The summed E-state index contributed by atoms with van der Waals surface area (Å²) in [5, 5.41) is 0. The Kier molecular flexibility index (Phi) is 3.60. The Labute approximate surface area is 74.6 Å². The van der Waals surface area contributed by atoms with Gasteiger partial charge in [-0.25, -0.2) is 0 Å². The first-order valence-corrected chi connectivity index (χ1v) is 4.56. The molecule has 12 heavy (non-hydrogen) atoms. The van der Waals surface area contributed by atoms with Crippen molar-refractivity contribution < 1.29 is 9.47 Å². The zero-order valence-electron chi connectivity index (χ0n) is 8.17. The number of hydrogen-bond acceptors (Lipinski definition) is 2. The third kappa shape index (κ3) is 2.86. The van der Waals surface area contributed by atoms with Crippen molar-refractivity contribution in [3.63, 3.8) is 0 Å². The summed E-state index contributed by atoms with van der Waals surface area (Å²) >= 11 is 0. The Hall–Kier alpha value is -0.500. The number of hydrogen-bond donors (Lipinski definition) is 0. The summed E-state index contributed by atoms with van der Waals surface area (Å²) in [4.78, 5) is 0. The minimum atomic E-state index is 0.294. The molecule has 1 aliphatic heterocycles. The molecule has 2 unspecified atom stereocenters. The number of allylic oxidation sites excluding steroid dienone is 1. The molecule has 0 aromatic carbocycles. The van der Waals surface area contributed by atoms with Crippen molar-refractivity contribution in [2.75, 3.05) is 13.2 Å². The molecule has 70 valence electrons. The summed E-state index contributed by atoms with van der Waals surface area (Å²) < 4.78 is 10.8. The van der Waals surface area contributed by atoms with E-state index in [1.807, 2.05) is 20.1 Å². The van der Waals surface area contributed by atoms with Gasteiger partial charge in [-0.2, -0.15) is 0 Å². The molecule has 2 heteroatoms. The van der Waals surface area contributed by atoms with Crippen LogP contribution in [0.4, 0.5) is 0 Å². The van der Waals surface area contributed by atoms with Crippen molar-refractivity contribution in [3.05, 3.63) is 11.8 Å². The van der Waals surface area contributed by atoms with Gasteiger partial charge in [-0.05, 0) is 32.8 Å². The summed E-state index contributed by atoms with van der Waals surface area (Å²) in [6, 6.07) is 0. The fraction of sp³-hybridized carbons (Fsp3) is 0.800. The lowest BCUT2D eigenvalue weighted by Crippen LogP contribution is -2.18. The van der Waals surface area contributed by atoms with Gasteiger partial charge in [0.1, 0.15) is 6.10 Å². The van der Waals surface area contributed by atoms with Gasteiger partial charge in [0, 0.05) is 12.5 Å². The van der Waals surface area contributed by atoms with Crippen molar-refractivity contribution in [1.82, 2.24) is 0 Å². The van der Waals surface area contributed by atoms with Gasteiger partial charge in [-0.1, -0.05) is 0 Å². The smallest absolute Gasteiger partial charge is 0.100 e. The first-order chi connectivity index (χ1) is 5.70. The van der Waals surface area contributed by atoms with Crippen LogP contribution in [-0.4, -0.2) is 19.3 Å². The second-order valence-corrected chi connectivity index (χ2v) is 3.66. The predicted molar refractivity (Wildman–Crippen MR) is 48.9 cm³/mol. The van der Waals surface area contributed by atoms with E-state index in [0.717, 1.165) is 19.6 Å². The highest BCUT2D eigenvalue weighted by molar-refractivity contribution is 4.87. The van der Waals surface area contributed by atoms with Crippen molar-refractivity contribution in [3.8, 4) is 0 Å². The Balaban J connectivity index is 2.27. The van der Waals surface area contributed by atoms with E-state index >= 15 is 0 Å². The average molecular weight is 170 g/mol. The Morgan fingerprint density at radius 1 is 1.58 bits per heavy atom. The van der Waals surface area contributed by atoms with Gasteiger partial charge in [0.05, 0.1) is 12.9 Å². The van der Waals surface area contributed by atoms with Crippen LogP contribution in [0.2, 0.25) is 0 Å². The largest absolute Gasteiger partial charge is 0.498 e. The lowest BCUT2D eigenvalue weighted by molar-refractivity contribution is 0.0869.